The topological polar surface area (TPSA) is 58.6 Å². The molecule has 0 radical (unpaired) electrons. The average molecular weight is 380 g/mol. The molecule has 0 N–H and O–H groups in total. The van der Waals surface area contributed by atoms with E-state index in [1.165, 1.54) is 18.3 Å². The van der Waals surface area contributed by atoms with Crippen LogP contribution in [-0.4, -0.2) is 58.2 Å². The summed E-state index contributed by atoms with van der Waals surface area (Å²) in [5.41, 5.74) is 1.96. The summed E-state index contributed by atoms with van der Waals surface area (Å²) in [5, 5.41) is 0. The summed E-state index contributed by atoms with van der Waals surface area (Å²) in [6, 6.07) is 5.83. The van der Waals surface area contributed by atoms with Crippen LogP contribution in [-0.2, 0) is 6.54 Å². The number of hydrogen-bond donors (Lipinski definition) is 0. The number of piperazine rings is 1. The maximum absolute atomic E-state index is 12.4. The van der Waals surface area contributed by atoms with Gasteiger partial charge in [-0.3, -0.25) is 14.7 Å². The molecule has 2 aromatic rings. The lowest BCUT2D eigenvalue weighted by atomic mass is 10.2. The minimum Gasteiger partial charge on any atom is -0.406 e. The largest absolute Gasteiger partial charge is 0.573 e. The van der Waals surface area contributed by atoms with Gasteiger partial charge in [-0.05, 0) is 24.6 Å². The Morgan fingerprint density at radius 3 is 2.30 bits per heavy atom. The molecule has 0 spiro atoms. The molecule has 27 heavy (non-hydrogen) atoms. The minimum atomic E-state index is -4.69. The SMILES string of the molecule is Cc1cnc(C(=O)N2CCN(Cc3ccc(OC(F)(F)F)cc3)CC2)cn1. The van der Waals surface area contributed by atoms with Gasteiger partial charge in [-0.15, -0.1) is 13.2 Å². The van der Waals surface area contributed by atoms with Crippen molar-refractivity contribution in [2.75, 3.05) is 26.2 Å². The first-order chi connectivity index (χ1) is 12.8. The van der Waals surface area contributed by atoms with Crippen molar-refractivity contribution in [3.8, 4) is 5.75 Å². The number of halogens is 3. The van der Waals surface area contributed by atoms with Gasteiger partial charge in [-0.1, -0.05) is 12.1 Å². The van der Waals surface area contributed by atoms with Crippen LogP contribution in [0.4, 0.5) is 13.2 Å². The Hall–Kier alpha value is -2.68. The van der Waals surface area contributed by atoms with Crippen molar-refractivity contribution in [3.05, 3.63) is 53.6 Å². The molecule has 3 rings (SSSR count). The summed E-state index contributed by atoms with van der Waals surface area (Å²) in [6.45, 7) is 4.87. The van der Waals surface area contributed by atoms with Gasteiger partial charge in [0.2, 0.25) is 0 Å². The van der Waals surface area contributed by atoms with E-state index in [0.29, 0.717) is 38.4 Å². The molecule has 0 aliphatic carbocycles. The Morgan fingerprint density at radius 1 is 1.07 bits per heavy atom. The third-order valence-corrected chi connectivity index (χ3v) is 4.22. The monoisotopic (exact) mass is 380 g/mol. The van der Waals surface area contributed by atoms with E-state index >= 15 is 0 Å². The quantitative estimate of drug-likeness (QED) is 0.816. The number of ether oxygens (including phenoxy) is 1. The van der Waals surface area contributed by atoms with Gasteiger partial charge in [-0.25, -0.2) is 4.98 Å². The van der Waals surface area contributed by atoms with E-state index in [1.54, 1.807) is 23.2 Å². The first-order valence-corrected chi connectivity index (χ1v) is 8.45. The van der Waals surface area contributed by atoms with Gasteiger partial charge in [-0.2, -0.15) is 0 Å². The van der Waals surface area contributed by atoms with Gasteiger partial charge in [0.25, 0.3) is 5.91 Å². The lowest BCUT2D eigenvalue weighted by molar-refractivity contribution is -0.274. The predicted molar refractivity (Wildman–Crippen MR) is 91.1 cm³/mol. The zero-order valence-corrected chi connectivity index (χ0v) is 14.7. The fourth-order valence-corrected chi connectivity index (χ4v) is 2.83. The van der Waals surface area contributed by atoms with Crippen LogP contribution in [0.25, 0.3) is 0 Å². The fourth-order valence-electron chi connectivity index (χ4n) is 2.83. The molecule has 6 nitrogen and oxygen atoms in total. The molecule has 1 amide bonds. The van der Waals surface area contributed by atoms with E-state index in [2.05, 4.69) is 19.6 Å². The van der Waals surface area contributed by atoms with Crippen molar-refractivity contribution >= 4 is 5.91 Å². The number of carbonyl (C=O) groups excluding carboxylic acids is 1. The zero-order chi connectivity index (χ0) is 19.4. The second-order valence-electron chi connectivity index (χ2n) is 6.30. The fraction of sp³-hybridized carbons (Fsp3) is 0.389. The highest BCUT2D eigenvalue weighted by molar-refractivity contribution is 5.92. The number of amides is 1. The number of hydrogen-bond acceptors (Lipinski definition) is 5. The number of nitrogens with zero attached hydrogens (tertiary/aromatic N) is 4. The first-order valence-electron chi connectivity index (χ1n) is 8.45. The first kappa shape index (κ1) is 19.1. The van der Waals surface area contributed by atoms with E-state index in [0.717, 1.165) is 11.3 Å². The number of aryl methyl sites for hydroxylation is 1. The van der Waals surface area contributed by atoms with Crippen molar-refractivity contribution in [3.63, 3.8) is 0 Å². The maximum Gasteiger partial charge on any atom is 0.573 e. The standard InChI is InChI=1S/C18H19F3N4O2/c1-13-10-23-16(11-22-13)17(26)25-8-6-24(7-9-25)12-14-2-4-15(5-3-14)27-18(19,20)21/h2-5,10-11H,6-9,12H2,1H3. The molecule has 0 atom stereocenters. The van der Waals surface area contributed by atoms with E-state index in [-0.39, 0.29) is 11.7 Å². The molecular weight excluding hydrogens is 361 g/mol. The van der Waals surface area contributed by atoms with Crippen molar-refractivity contribution < 1.29 is 22.7 Å². The molecule has 1 fully saturated rings. The van der Waals surface area contributed by atoms with Crippen LogP contribution < -0.4 is 4.74 Å². The van der Waals surface area contributed by atoms with Crippen molar-refractivity contribution in [2.45, 2.75) is 19.8 Å². The van der Waals surface area contributed by atoms with Gasteiger partial charge >= 0.3 is 6.36 Å². The number of carbonyl (C=O) groups is 1. The van der Waals surface area contributed by atoms with Gasteiger partial charge in [0, 0.05) is 38.9 Å². The van der Waals surface area contributed by atoms with Gasteiger partial charge < -0.3 is 9.64 Å². The van der Waals surface area contributed by atoms with Crippen molar-refractivity contribution in [2.24, 2.45) is 0 Å². The Balaban J connectivity index is 1.50. The number of benzene rings is 1. The summed E-state index contributed by atoms with van der Waals surface area (Å²) in [6.07, 6.45) is -1.64. The smallest absolute Gasteiger partial charge is 0.406 e. The van der Waals surface area contributed by atoms with E-state index in [4.69, 9.17) is 0 Å². The van der Waals surface area contributed by atoms with Gasteiger partial charge in [0.15, 0.2) is 0 Å². The van der Waals surface area contributed by atoms with Crippen LogP contribution in [0, 0.1) is 6.92 Å². The van der Waals surface area contributed by atoms with Crippen LogP contribution in [0.15, 0.2) is 36.7 Å². The Morgan fingerprint density at radius 2 is 1.74 bits per heavy atom. The summed E-state index contributed by atoms with van der Waals surface area (Å²) < 4.78 is 40.4. The Labute approximate surface area is 154 Å². The highest BCUT2D eigenvalue weighted by atomic mass is 19.4. The van der Waals surface area contributed by atoms with Crippen LogP contribution in [0.3, 0.4) is 0 Å². The molecule has 1 aliphatic rings. The summed E-state index contributed by atoms with van der Waals surface area (Å²) >= 11 is 0. The van der Waals surface area contributed by atoms with Crippen molar-refractivity contribution in [1.29, 1.82) is 0 Å². The number of alkyl halides is 3. The molecule has 0 bridgehead atoms. The second-order valence-corrected chi connectivity index (χ2v) is 6.30. The molecule has 0 saturated carbocycles. The van der Waals surface area contributed by atoms with E-state index in [1.807, 2.05) is 6.92 Å². The Bertz CT molecular complexity index is 771. The highest BCUT2D eigenvalue weighted by Gasteiger charge is 2.31. The van der Waals surface area contributed by atoms with Crippen LogP contribution in [0.5, 0.6) is 5.75 Å². The number of rotatable bonds is 4. The lowest BCUT2D eigenvalue weighted by Crippen LogP contribution is -2.48. The molecule has 9 heteroatoms. The maximum atomic E-state index is 12.4. The molecule has 2 heterocycles. The third-order valence-electron chi connectivity index (χ3n) is 4.22. The molecule has 1 aliphatic heterocycles. The van der Waals surface area contributed by atoms with Crippen LogP contribution in [0.2, 0.25) is 0 Å². The lowest BCUT2D eigenvalue weighted by Gasteiger charge is -2.34. The second kappa shape index (κ2) is 7.91. The van der Waals surface area contributed by atoms with E-state index in [9.17, 15) is 18.0 Å². The highest BCUT2D eigenvalue weighted by Crippen LogP contribution is 2.23. The molecule has 1 saturated heterocycles. The summed E-state index contributed by atoms with van der Waals surface area (Å²) in [5.74, 6) is -0.378. The molecule has 1 aromatic heterocycles. The van der Waals surface area contributed by atoms with Gasteiger partial charge in [0.1, 0.15) is 11.4 Å². The molecular formula is C18H19F3N4O2. The van der Waals surface area contributed by atoms with Crippen molar-refractivity contribution in [1.82, 2.24) is 19.8 Å². The van der Waals surface area contributed by atoms with Gasteiger partial charge in [0.05, 0.1) is 11.9 Å². The zero-order valence-electron chi connectivity index (χ0n) is 14.7. The summed E-state index contributed by atoms with van der Waals surface area (Å²) in [4.78, 5) is 24.5. The summed E-state index contributed by atoms with van der Waals surface area (Å²) in [7, 11) is 0. The average Bonchev–Trinajstić information content (AvgIpc) is 2.63. The minimum absolute atomic E-state index is 0.143. The molecule has 144 valence electrons. The molecule has 1 aromatic carbocycles. The van der Waals surface area contributed by atoms with E-state index < -0.39 is 6.36 Å². The van der Waals surface area contributed by atoms with Crippen LogP contribution >= 0.6 is 0 Å². The third kappa shape index (κ3) is 5.40. The number of aromatic nitrogens is 2. The predicted octanol–water partition coefficient (Wildman–Crippen LogP) is 2.64. The molecule has 0 unspecified atom stereocenters. The Kier molecular flexibility index (Phi) is 5.59. The normalized spacial score (nSPS) is 15.6. The van der Waals surface area contributed by atoms with Crippen LogP contribution in [0.1, 0.15) is 21.7 Å².